The Hall–Kier alpha value is -0.810. The van der Waals surface area contributed by atoms with Crippen molar-refractivity contribution < 1.29 is 5.21 Å². The number of nitrogens with two attached hydrogens (primary N) is 1. The van der Waals surface area contributed by atoms with Crippen LogP contribution in [0.5, 0.6) is 0 Å². The van der Waals surface area contributed by atoms with Crippen LogP contribution in [-0.4, -0.2) is 59.6 Å². The Bertz CT molecular complexity index is 224. The molecule has 0 unspecified atom stereocenters. The van der Waals surface area contributed by atoms with Crippen molar-refractivity contribution in [2.24, 2.45) is 10.9 Å². The van der Waals surface area contributed by atoms with Gasteiger partial charge in [-0.3, -0.25) is 4.90 Å². The molecule has 0 amide bonds. The number of oxime groups is 1. The smallest absolute Gasteiger partial charge is 0.153 e. The maximum Gasteiger partial charge on any atom is 0.153 e. The number of hydrogen-bond acceptors (Lipinski definition) is 4. The van der Waals surface area contributed by atoms with Crippen LogP contribution in [0.3, 0.4) is 0 Å². The fraction of sp³-hybridized carbons (Fsp3) is 0.909. The molecule has 94 valence electrons. The van der Waals surface area contributed by atoms with Gasteiger partial charge in [-0.25, -0.2) is 0 Å². The third-order valence-corrected chi connectivity index (χ3v) is 3.13. The van der Waals surface area contributed by atoms with Crippen LogP contribution < -0.4 is 5.73 Å². The van der Waals surface area contributed by atoms with Crippen LogP contribution >= 0.6 is 0 Å². The van der Waals surface area contributed by atoms with Crippen molar-refractivity contribution in [3.05, 3.63) is 0 Å². The van der Waals surface area contributed by atoms with E-state index >= 15 is 0 Å². The Morgan fingerprint density at radius 1 is 1.44 bits per heavy atom. The Morgan fingerprint density at radius 3 is 2.56 bits per heavy atom. The first-order valence-corrected chi connectivity index (χ1v) is 6.06. The minimum atomic E-state index is 0.287. The van der Waals surface area contributed by atoms with E-state index in [-0.39, 0.29) is 5.84 Å². The second kappa shape index (κ2) is 6.70. The summed E-state index contributed by atoms with van der Waals surface area (Å²) >= 11 is 0. The highest BCUT2D eigenvalue weighted by atomic mass is 16.4. The topological polar surface area (TPSA) is 65.1 Å². The van der Waals surface area contributed by atoms with Crippen molar-refractivity contribution in [3.8, 4) is 0 Å². The van der Waals surface area contributed by atoms with E-state index in [2.05, 4.69) is 28.8 Å². The molecule has 1 aliphatic heterocycles. The van der Waals surface area contributed by atoms with Gasteiger partial charge in [0.15, 0.2) is 5.84 Å². The van der Waals surface area contributed by atoms with E-state index < -0.39 is 0 Å². The van der Waals surface area contributed by atoms with Crippen molar-refractivity contribution in [3.63, 3.8) is 0 Å². The maximum atomic E-state index is 8.57. The summed E-state index contributed by atoms with van der Waals surface area (Å²) in [4.78, 5) is 4.70. The standard InChI is InChI=1S/C11H24N4O/c1-10(2)15(9-11(12)13-16)8-7-14-5-3-4-6-14/h10,16H,3-9H2,1-2H3,(H2,12,13). The fourth-order valence-corrected chi connectivity index (χ4v) is 2.04. The molecule has 0 saturated carbocycles. The third-order valence-electron chi connectivity index (χ3n) is 3.13. The molecular weight excluding hydrogens is 204 g/mol. The van der Waals surface area contributed by atoms with Gasteiger partial charge in [-0.1, -0.05) is 5.16 Å². The van der Waals surface area contributed by atoms with Crippen LogP contribution in [-0.2, 0) is 0 Å². The average Bonchev–Trinajstić information content (AvgIpc) is 2.76. The molecule has 3 N–H and O–H groups in total. The molecule has 1 fully saturated rings. The predicted molar refractivity (Wildman–Crippen MR) is 65.8 cm³/mol. The lowest BCUT2D eigenvalue weighted by molar-refractivity contribution is 0.208. The summed E-state index contributed by atoms with van der Waals surface area (Å²) in [6.45, 7) is 9.31. The number of rotatable bonds is 6. The van der Waals surface area contributed by atoms with Gasteiger partial charge in [0, 0.05) is 19.1 Å². The van der Waals surface area contributed by atoms with Crippen molar-refractivity contribution in [2.75, 3.05) is 32.7 Å². The summed E-state index contributed by atoms with van der Waals surface area (Å²) in [5.41, 5.74) is 5.54. The van der Waals surface area contributed by atoms with Gasteiger partial charge in [0.25, 0.3) is 0 Å². The van der Waals surface area contributed by atoms with Crippen LogP contribution in [0.1, 0.15) is 26.7 Å². The van der Waals surface area contributed by atoms with Crippen molar-refractivity contribution in [1.29, 1.82) is 0 Å². The number of hydrogen-bond donors (Lipinski definition) is 2. The molecule has 0 aromatic carbocycles. The first-order chi connectivity index (χ1) is 7.63. The molecule has 0 aromatic heterocycles. The summed E-state index contributed by atoms with van der Waals surface area (Å²) < 4.78 is 0. The van der Waals surface area contributed by atoms with Gasteiger partial charge in [0.2, 0.25) is 0 Å². The molecule has 0 radical (unpaired) electrons. The first-order valence-electron chi connectivity index (χ1n) is 6.06. The summed E-state index contributed by atoms with van der Waals surface area (Å²) in [5.74, 6) is 0.287. The molecule has 1 heterocycles. The van der Waals surface area contributed by atoms with Crippen molar-refractivity contribution in [1.82, 2.24) is 9.80 Å². The normalized spacial score (nSPS) is 18.9. The van der Waals surface area contributed by atoms with E-state index in [4.69, 9.17) is 10.9 Å². The Labute approximate surface area is 97.9 Å². The van der Waals surface area contributed by atoms with E-state index in [1.807, 2.05) is 0 Å². The quantitative estimate of drug-likeness (QED) is 0.301. The van der Waals surface area contributed by atoms with Gasteiger partial charge in [0.1, 0.15) is 0 Å². The third kappa shape index (κ3) is 4.37. The Morgan fingerprint density at radius 2 is 2.06 bits per heavy atom. The summed E-state index contributed by atoms with van der Waals surface area (Å²) in [6.07, 6.45) is 2.64. The molecular formula is C11H24N4O. The fourth-order valence-electron chi connectivity index (χ4n) is 2.04. The summed E-state index contributed by atoms with van der Waals surface area (Å²) in [5, 5.41) is 11.6. The molecule has 16 heavy (non-hydrogen) atoms. The van der Waals surface area contributed by atoms with E-state index in [1.165, 1.54) is 25.9 Å². The second-order valence-electron chi connectivity index (χ2n) is 4.70. The molecule has 1 rings (SSSR count). The summed E-state index contributed by atoms with van der Waals surface area (Å²) in [6, 6.07) is 0.419. The van der Waals surface area contributed by atoms with E-state index in [9.17, 15) is 0 Å². The molecule has 0 aromatic rings. The zero-order valence-corrected chi connectivity index (χ0v) is 10.4. The maximum absolute atomic E-state index is 8.57. The van der Waals surface area contributed by atoms with Gasteiger partial charge in [-0.2, -0.15) is 0 Å². The Balaban J connectivity index is 2.32. The van der Waals surface area contributed by atoms with Crippen molar-refractivity contribution >= 4 is 5.84 Å². The number of nitrogens with zero attached hydrogens (tertiary/aromatic N) is 3. The molecule has 0 atom stereocenters. The number of likely N-dealkylation sites (tertiary alicyclic amines) is 1. The van der Waals surface area contributed by atoms with Gasteiger partial charge >= 0.3 is 0 Å². The minimum Gasteiger partial charge on any atom is -0.409 e. The van der Waals surface area contributed by atoms with Crippen LogP contribution in [0.2, 0.25) is 0 Å². The van der Waals surface area contributed by atoms with Gasteiger partial charge in [-0.05, 0) is 39.8 Å². The summed E-state index contributed by atoms with van der Waals surface area (Å²) in [7, 11) is 0. The molecule has 1 aliphatic rings. The Kier molecular flexibility index (Phi) is 5.55. The predicted octanol–water partition coefficient (Wildman–Crippen LogP) is 0.539. The SMILES string of the molecule is CC(C)N(CCN1CCCC1)CC(N)=NO. The van der Waals surface area contributed by atoms with Gasteiger partial charge in [0.05, 0.1) is 6.54 Å². The van der Waals surface area contributed by atoms with Crippen LogP contribution in [0.4, 0.5) is 0 Å². The highest BCUT2D eigenvalue weighted by Crippen LogP contribution is 2.07. The van der Waals surface area contributed by atoms with Crippen LogP contribution in [0.15, 0.2) is 5.16 Å². The van der Waals surface area contributed by atoms with E-state index in [0.29, 0.717) is 12.6 Å². The van der Waals surface area contributed by atoms with Crippen molar-refractivity contribution in [2.45, 2.75) is 32.7 Å². The molecule has 1 saturated heterocycles. The lowest BCUT2D eigenvalue weighted by Gasteiger charge is -2.27. The van der Waals surface area contributed by atoms with E-state index in [1.54, 1.807) is 0 Å². The molecule has 0 bridgehead atoms. The monoisotopic (exact) mass is 228 g/mol. The lowest BCUT2D eigenvalue weighted by Crippen LogP contribution is -2.42. The number of amidine groups is 1. The minimum absolute atomic E-state index is 0.287. The molecule has 5 nitrogen and oxygen atoms in total. The zero-order valence-electron chi connectivity index (χ0n) is 10.4. The highest BCUT2D eigenvalue weighted by Gasteiger charge is 2.15. The largest absolute Gasteiger partial charge is 0.409 e. The second-order valence-corrected chi connectivity index (χ2v) is 4.70. The molecule has 0 aliphatic carbocycles. The first kappa shape index (κ1) is 13.3. The van der Waals surface area contributed by atoms with Gasteiger partial charge in [-0.15, -0.1) is 0 Å². The molecule has 5 heteroatoms. The van der Waals surface area contributed by atoms with E-state index in [0.717, 1.165) is 13.1 Å². The average molecular weight is 228 g/mol. The highest BCUT2D eigenvalue weighted by molar-refractivity contribution is 5.81. The lowest BCUT2D eigenvalue weighted by atomic mass is 10.3. The van der Waals surface area contributed by atoms with Crippen LogP contribution in [0, 0.1) is 0 Å². The molecule has 0 spiro atoms. The zero-order chi connectivity index (χ0) is 12.0. The van der Waals surface area contributed by atoms with Gasteiger partial charge < -0.3 is 15.8 Å². The van der Waals surface area contributed by atoms with Crippen LogP contribution in [0.25, 0.3) is 0 Å².